The fraction of sp³-hybridized carbons (Fsp3) is 0.393. The van der Waals surface area contributed by atoms with E-state index in [1.807, 2.05) is 24.3 Å². The predicted octanol–water partition coefficient (Wildman–Crippen LogP) is 5.01. The molecule has 0 heterocycles. The van der Waals surface area contributed by atoms with Crippen molar-refractivity contribution >= 4 is 18.0 Å². The number of hydrogen-bond donors (Lipinski definition) is 3. The quantitative estimate of drug-likeness (QED) is 0.261. The van der Waals surface area contributed by atoms with Gasteiger partial charge < -0.3 is 20.5 Å². The van der Waals surface area contributed by atoms with Crippen LogP contribution in [-0.4, -0.2) is 42.3 Å². The van der Waals surface area contributed by atoms with Gasteiger partial charge in [0.25, 0.3) is 0 Å². The Morgan fingerprint density at radius 1 is 0.971 bits per heavy atom. The summed E-state index contributed by atoms with van der Waals surface area (Å²) in [6.07, 6.45) is 5.30. The number of fused-ring (bicyclic) bond motifs is 3. The number of unbranched alkanes of at least 4 members (excludes halogenated alkanes) is 3. The minimum Gasteiger partial charge on any atom is -0.481 e. The van der Waals surface area contributed by atoms with E-state index in [0.29, 0.717) is 25.8 Å². The third-order valence-corrected chi connectivity index (χ3v) is 6.23. The van der Waals surface area contributed by atoms with Gasteiger partial charge in [-0.2, -0.15) is 0 Å². The molecule has 186 valence electrons. The molecule has 0 bridgehead atoms. The van der Waals surface area contributed by atoms with Crippen LogP contribution in [0.3, 0.4) is 0 Å². The van der Waals surface area contributed by atoms with Crippen molar-refractivity contribution in [2.45, 2.75) is 56.9 Å². The van der Waals surface area contributed by atoms with Gasteiger partial charge in [0, 0.05) is 18.9 Å². The van der Waals surface area contributed by atoms with E-state index in [1.54, 1.807) is 6.08 Å². The van der Waals surface area contributed by atoms with E-state index in [0.717, 1.165) is 41.5 Å². The number of alkyl carbamates (subject to hydrolysis) is 1. The second-order valence-corrected chi connectivity index (χ2v) is 8.74. The molecule has 0 radical (unpaired) electrons. The molecule has 3 N–H and O–H groups in total. The SMILES string of the molecule is C=CCCC(NC(=O)OCC1c2ccccc2-c2ccccc21)C(=O)NCCCCCCC(=O)O. The average molecular weight is 479 g/mol. The van der Waals surface area contributed by atoms with Crippen LogP contribution in [0.5, 0.6) is 0 Å². The van der Waals surface area contributed by atoms with Crippen LogP contribution in [0, 0.1) is 0 Å². The van der Waals surface area contributed by atoms with E-state index in [1.165, 1.54) is 0 Å². The predicted molar refractivity (Wildman–Crippen MR) is 135 cm³/mol. The molecule has 1 aliphatic carbocycles. The van der Waals surface area contributed by atoms with Crippen LogP contribution in [0.2, 0.25) is 0 Å². The fourth-order valence-electron chi connectivity index (χ4n) is 4.43. The molecule has 1 unspecified atom stereocenters. The first-order valence-corrected chi connectivity index (χ1v) is 12.2. The lowest BCUT2D eigenvalue weighted by molar-refractivity contribution is -0.137. The van der Waals surface area contributed by atoms with Gasteiger partial charge in [0.15, 0.2) is 0 Å². The van der Waals surface area contributed by atoms with Gasteiger partial charge in [-0.15, -0.1) is 6.58 Å². The van der Waals surface area contributed by atoms with Gasteiger partial charge in [0.1, 0.15) is 12.6 Å². The monoisotopic (exact) mass is 478 g/mol. The van der Waals surface area contributed by atoms with E-state index in [9.17, 15) is 14.4 Å². The lowest BCUT2D eigenvalue weighted by atomic mass is 9.98. The fourth-order valence-corrected chi connectivity index (χ4v) is 4.43. The highest BCUT2D eigenvalue weighted by molar-refractivity contribution is 5.85. The van der Waals surface area contributed by atoms with Crippen molar-refractivity contribution in [2.75, 3.05) is 13.2 Å². The van der Waals surface area contributed by atoms with Gasteiger partial charge in [-0.1, -0.05) is 67.4 Å². The van der Waals surface area contributed by atoms with Crippen LogP contribution < -0.4 is 10.6 Å². The maximum Gasteiger partial charge on any atom is 0.407 e. The highest BCUT2D eigenvalue weighted by atomic mass is 16.5. The molecule has 0 spiro atoms. The zero-order valence-corrected chi connectivity index (χ0v) is 20.0. The van der Waals surface area contributed by atoms with Gasteiger partial charge in [0.2, 0.25) is 5.91 Å². The zero-order valence-electron chi connectivity index (χ0n) is 20.0. The van der Waals surface area contributed by atoms with Gasteiger partial charge >= 0.3 is 12.1 Å². The van der Waals surface area contributed by atoms with Crippen molar-refractivity contribution < 1.29 is 24.2 Å². The molecular formula is C28H34N2O5. The number of carboxylic acids is 1. The van der Waals surface area contributed by atoms with Crippen LogP contribution in [0.25, 0.3) is 11.1 Å². The van der Waals surface area contributed by atoms with E-state index < -0.39 is 18.1 Å². The molecule has 0 aromatic heterocycles. The Morgan fingerprint density at radius 3 is 2.23 bits per heavy atom. The molecule has 35 heavy (non-hydrogen) atoms. The molecule has 7 nitrogen and oxygen atoms in total. The van der Waals surface area contributed by atoms with Crippen molar-refractivity contribution in [3.8, 4) is 11.1 Å². The summed E-state index contributed by atoms with van der Waals surface area (Å²) in [6, 6.07) is 15.5. The molecule has 2 aromatic rings. The van der Waals surface area contributed by atoms with Gasteiger partial charge in [-0.3, -0.25) is 9.59 Å². The Labute approximate surface area is 206 Å². The number of carboxylic acid groups (broad SMARTS) is 1. The Balaban J connectivity index is 1.49. The number of hydrogen-bond acceptors (Lipinski definition) is 4. The molecule has 2 aromatic carbocycles. The summed E-state index contributed by atoms with van der Waals surface area (Å²) in [4.78, 5) is 35.8. The molecule has 0 saturated carbocycles. The molecule has 1 atom stereocenters. The van der Waals surface area contributed by atoms with E-state index in [2.05, 4.69) is 41.5 Å². The third-order valence-electron chi connectivity index (χ3n) is 6.23. The van der Waals surface area contributed by atoms with Crippen molar-refractivity contribution in [1.29, 1.82) is 0 Å². The minimum absolute atomic E-state index is 0.0465. The van der Waals surface area contributed by atoms with Crippen LogP contribution in [0.15, 0.2) is 61.2 Å². The summed E-state index contributed by atoms with van der Waals surface area (Å²) in [5.74, 6) is -1.09. The number of ether oxygens (including phenoxy) is 1. The highest BCUT2D eigenvalue weighted by Gasteiger charge is 2.29. The number of carbonyl (C=O) groups is 3. The zero-order chi connectivity index (χ0) is 25.0. The average Bonchev–Trinajstić information content (AvgIpc) is 3.18. The van der Waals surface area contributed by atoms with Gasteiger partial charge in [-0.25, -0.2) is 4.79 Å². The first-order chi connectivity index (χ1) is 17.0. The highest BCUT2D eigenvalue weighted by Crippen LogP contribution is 2.44. The molecule has 7 heteroatoms. The van der Waals surface area contributed by atoms with E-state index in [4.69, 9.17) is 9.84 Å². The maximum absolute atomic E-state index is 12.7. The molecule has 1 aliphatic rings. The largest absolute Gasteiger partial charge is 0.481 e. The number of allylic oxidation sites excluding steroid dienone is 1. The smallest absolute Gasteiger partial charge is 0.407 e. The Morgan fingerprint density at radius 2 is 1.60 bits per heavy atom. The van der Waals surface area contributed by atoms with Crippen molar-refractivity contribution in [3.05, 3.63) is 72.3 Å². The van der Waals surface area contributed by atoms with E-state index in [-0.39, 0.29) is 24.9 Å². The molecular weight excluding hydrogens is 444 g/mol. The van der Waals surface area contributed by atoms with Gasteiger partial charge in [0.05, 0.1) is 0 Å². The number of nitrogens with one attached hydrogen (secondary N) is 2. The second-order valence-electron chi connectivity index (χ2n) is 8.74. The van der Waals surface area contributed by atoms with Crippen LogP contribution in [0.1, 0.15) is 62.0 Å². The second kappa shape index (κ2) is 13.3. The number of benzene rings is 2. The van der Waals surface area contributed by atoms with E-state index >= 15 is 0 Å². The molecule has 0 saturated heterocycles. The summed E-state index contributed by atoms with van der Waals surface area (Å²) >= 11 is 0. The first kappa shape index (κ1) is 26.0. The molecule has 3 rings (SSSR count). The maximum atomic E-state index is 12.7. The number of rotatable bonds is 14. The van der Waals surface area contributed by atoms with Gasteiger partial charge in [-0.05, 0) is 47.9 Å². The Bertz CT molecular complexity index is 990. The number of aliphatic carboxylic acids is 1. The van der Waals surface area contributed by atoms with Crippen LogP contribution >= 0.6 is 0 Å². The Kier molecular flexibility index (Phi) is 9.90. The third kappa shape index (κ3) is 7.44. The number of carbonyl (C=O) groups excluding carboxylic acids is 2. The summed E-state index contributed by atoms with van der Waals surface area (Å²) in [5.41, 5.74) is 4.57. The van der Waals surface area contributed by atoms with Crippen molar-refractivity contribution in [2.24, 2.45) is 0 Å². The van der Waals surface area contributed by atoms with Crippen molar-refractivity contribution in [1.82, 2.24) is 10.6 Å². The molecule has 0 aliphatic heterocycles. The molecule has 0 fully saturated rings. The topological polar surface area (TPSA) is 105 Å². The number of amides is 2. The standard InChI is InChI=1S/C28H34N2O5/c1-2-3-16-25(27(33)29-18-11-5-4-6-17-26(31)32)30-28(34)35-19-24-22-14-9-7-12-20(22)21-13-8-10-15-23(21)24/h2,7-10,12-15,24-25H,1,3-6,11,16-19H2,(H,29,33)(H,30,34)(H,31,32). The lowest BCUT2D eigenvalue weighted by Gasteiger charge is -2.19. The summed E-state index contributed by atoms with van der Waals surface area (Å²) in [7, 11) is 0. The summed E-state index contributed by atoms with van der Waals surface area (Å²) < 4.78 is 5.59. The first-order valence-electron chi connectivity index (χ1n) is 12.2. The van der Waals surface area contributed by atoms with Crippen LogP contribution in [0.4, 0.5) is 4.79 Å². The normalized spacial score (nSPS) is 12.8. The summed E-state index contributed by atoms with van der Waals surface area (Å²) in [5, 5.41) is 14.2. The Hall–Kier alpha value is -3.61. The summed E-state index contributed by atoms with van der Waals surface area (Å²) in [6.45, 7) is 4.36. The lowest BCUT2D eigenvalue weighted by Crippen LogP contribution is -2.47. The molecule has 2 amide bonds. The van der Waals surface area contributed by atoms with Crippen molar-refractivity contribution in [3.63, 3.8) is 0 Å². The minimum atomic E-state index is -0.789. The van der Waals surface area contributed by atoms with Crippen LogP contribution in [-0.2, 0) is 14.3 Å².